The zero-order valence-electron chi connectivity index (χ0n) is 17.7. The van der Waals surface area contributed by atoms with Gasteiger partial charge in [0.25, 0.3) is 5.91 Å². The van der Waals surface area contributed by atoms with Crippen molar-refractivity contribution in [3.8, 4) is 0 Å². The van der Waals surface area contributed by atoms with Crippen LogP contribution in [0.4, 0.5) is 17.6 Å². The summed E-state index contributed by atoms with van der Waals surface area (Å²) in [6, 6.07) is 4.83. The maximum Gasteiger partial charge on any atom is 0.424 e. The number of carbonyl (C=O) groups excluding carboxylic acids is 1. The van der Waals surface area contributed by atoms with Crippen LogP contribution in [0.15, 0.2) is 41.5 Å². The Bertz CT molecular complexity index is 1070. The predicted molar refractivity (Wildman–Crippen MR) is 110 cm³/mol. The average molecular weight is 453 g/mol. The molecule has 1 aliphatic rings. The van der Waals surface area contributed by atoms with Crippen LogP contribution in [0.5, 0.6) is 0 Å². The number of hydrogen-bond donors (Lipinski definition) is 2. The van der Waals surface area contributed by atoms with E-state index in [4.69, 9.17) is 5.73 Å². The van der Waals surface area contributed by atoms with Gasteiger partial charge in [-0.05, 0) is 37.6 Å². The Kier molecular flexibility index (Phi) is 6.14. The summed E-state index contributed by atoms with van der Waals surface area (Å²) in [6.07, 6.45) is -2.32. The van der Waals surface area contributed by atoms with Crippen molar-refractivity contribution in [2.75, 3.05) is 13.6 Å². The lowest BCUT2D eigenvalue weighted by molar-refractivity contribution is -0.263. The number of hydrogen-bond acceptors (Lipinski definition) is 5. The Morgan fingerprint density at radius 1 is 1.31 bits per heavy atom. The van der Waals surface area contributed by atoms with E-state index in [1.807, 2.05) is 0 Å². The van der Waals surface area contributed by atoms with Crippen LogP contribution < -0.4 is 5.73 Å². The molecule has 0 saturated carbocycles. The summed E-state index contributed by atoms with van der Waals surface area (Å²) in [4.78, 5) is 22.3. The van der Waals surface area contributed by atoms with Crippen LogP contribution in [0.1, 0.15) is 37.0 Å². The van der Waals surface area contributed by atoms with Gasteiger partial charge in [-0.25, -0.2) is 9.37 Å². The average Bonchev–Trinajstić information content (AvgIpc) is 3.16. The number of halogens is 4. The number of nitrogens with zero attached hydrogens (tertiary/aromatic N) is 4. The number of benzene rings is 1. The molecule has 0 unspecified atom stereocenters. The summed E-state index contributed by atoms with van der Waals surface area (Å²) in [5, 5.41) is 10.1. The van der Waals surface area contributed by atoms with Gasteiger partial charge in [-0.2, -0.15) is 13.2 Å². The van der Waals surface area contributed by atoms with Gasteiger partial charge >= 0.3 is 6.18 Å². The summed E-state index contributed by atoms with van der Waals surface area (Å²) < 4.78 is 54.4. The van der Waals surface area contributed by atoms with Crippen LogP contribution >= 0.6 is 0 Å². The van der Waals surface area contributed by atoms with Crippen LogP contribution in [0.2, 0.25) is 0 Å². The SMILES string of the molecule is CN=C(C=C(N)c1ccc(F)cc1)C(=O)N1Cc2cnc([C@@](C)(O)C(F)(F)F)n2[C@@H](C)C1. The highest BCUT2D eigenvalue weighted by molar-refractivity contribution is 6.44. The van der Waals surface area contributed by atoms with E-state index in [-0.39, 0.29) is 24.5 Å². The fraction of sp³-hybridized carbons (Fsp3) is 0.381. The van der Waals surface area contributed by atoms with E-state index in [0.29, 0.717) is 18.2 Å². The highest BCUT2D eigenvalue weighted by atomic mass is 19.4. The first-order valence-corrected chi connectivity index (χ1v) is 9.71. The highest BCUT2D eigenvalue weighted by Crippen LogP contribution is 2.40. The molecule has 172 valence electrons. The van der Waals surface area contributed by atoms with Crippen LogP contribution in [-0.4, -0.2) is 50.9 Å². The Morgan fingerprint density at radius 3 is 2.50 bits per heavy atom. The number of alkyl halides is 3. The van der Waals surface area contributed by atoms with E-state index in [1.54, 1.807) is 6.92 Å². The molecule has 32 heavy (non-hydrogen) atoms. The van der Waals surface area contributed by atoms with Gasteiger partial charge in [0.05, 0.1) is 24.5 Å². The van der Waals surface area contributed by atoms with Crippen molar-refractivity contribution in [3.05, 3.63) is 59.4 Å². The van der Waals surface area contributed by atoms with Gasteiger partial charge in [-0.15, -0.1) is 0 Å². The third-order valence-electron chi connectivity index (χ3n) is 5.36. The number of aliphatic imine (C=N–C) groups is 1. The number of fused-ring (bicyclic) bond motifs is 1. The molecule has 7 nitrogen and oxygen atoms in total. The fourth-order valence-electron chi connectivity index (χ4n) is 3.56. The third kappa shape index (κ3) is 4.24. The van der Waals surface area contributed by atoms with Gasteiger partial charge < -0.3 is 20.3 Å². The molecule has 0 saturated heterocycles. The second-order valence-corrected chi connectivity index (χ2v) is 7.76. The van der Waals surface area contributed by atoms with E-state index < -0.39 is 35.4 Å². The lowest BCUT2D eigenvalue weighted by atomic mass is 10.0. The second-order valence-electron chi connectivity index (χ2n) is 7.76. The van der Waals surface area contributed by atoms with Crippen LogP contribution in [-0.2, 0) is 16.9 Å². The number of imidazole rings is 1. The predicted octanol–water partition coefficient (Wildman–Crippen LogP) is 2.77. The Morgan fingerprint density at radius 2 is 1.94 bits per heavy atom. The first kappa shape index (κ1) is 23.5. The Labute approximate surface area is 181 Å². The first-order valence-electron chi connectivity index (χ1n) is 9.71. The van der Waals surface area contributed by atoms with E-state index in [2.05, 4.69) is 9.98 Å². The van der Waals surface area contributed by atoms with Crippen molar-refractivity contribution in [3.63, 3.8) is 0 Å². The molecular formula is C21H23F4N5O2. The lowest BCUT2D eigenvalue weighted by Crippen LogP contribution is -2.46. The van der Waals surface area contributed by atoms with Crippen LogP contribution in [0.25, 0.3) is 5.70 Å². The molecule has 1 aromatic heterocycles. The maximum atomic E-state index is 13.3. The van der Waals surface area contributed by atoms with Gasteiger partial charge in [0, 0.05) is 19.3 Å². The number of amides is 1. The van der Waals surface area contributed by atoms with Gasteiger partial charge in [0.2, 0.25) is 5.60 Å². The summed E-state index contributed by atoms with van der Waals surface area (Å²) >= 11 is 0. The standard InChI is InChI=1S/C21H23F4N5O2/c1-12-10-29(11-15-9-28-19(30(12)15)20(2,32)21(23,24)25)18(31)17(27-3)8-16(26)13-4-6-14(22)7-5-13/h4-9,12,32H,10-11,26H2,1-3H3/t12-,20+/m0/s1. The summed E-state index contributed by atoms with van der Waals surface area (Å²) in [5.74, 6) is -1.42. The number of rotatable bonds is 4. The van der Waals surface area contributed by atoms with Crippen molar-refractivity contribution in [1.29, 1.82) is 0 Å². The number of aliphatic hydroxyl groups is 1. The van der Waals surface area contributed by atoms with Crippen LogP contribution in [0.3, 0.4) is 0 Å². The minimum Gasteiger partial charge on any atom is -0.398 e. The minimum absolute atomic E-state index is 0.0204. The molecule has 1 aliphatic heterocycles. The smallest absolute Gasteiger partial charge is 0.398 e. The molecule has 1 aromatic carbocycles. The Balaban J connectivity index is 1.86. The Hall–Kier alpha value is -3.21. The number of nitrogens with two attached hydrogens (primary N) is 1. The molecule has 2 heterocycles. The summed E-state index contributed by atoms with van der Waals surface area (Å²) in [7, 11) is 1.41. The molecule has 0 spiro atoms. The van der Waals surface area contributed by atoms with Crippen molar-refractivity contribution < 1.29 is 27.5 Å². The van der Waals surface area contributed by atoms with Crippen molar-refractivity contribution in [2.24, 2.45) is 10.7 Å². The molecule has 0 fully saturated rings. The third-order valence-corrected chi connectivity index (χ3v) is 5.36. The molecular weight excluding hydrogens is 430 g/mol. The zero-order chi connectivity index (χ0) is 23.8. The largest absolute Gasteiger partial charge is 0.424 e. The summed E-state index contributed by atoms with van der Waals surface area (Å²) in [5.41, 5.74) is 3.99. The fourth-order valence-corrected chi connectivity index (χ4v) is 3.56. The molecule has 0 radical (unpaired) electrons. The normalized spacial score (nSPS) is 19.5. The molecule has 0 bridgehead atoms. The second kappa shape index (κ2) is 8.38. The molecule has 2 atom stereocenters. The molecule has 11 heteroatoms. The minimum atomic E-state index is -4.91. The number of carbonyl (C=O) groups is 1. The van der Waals surface area contributed by atoms with Gasteiger partial charge in [0.1, 0.15) is 11.5 Å². The van der Waals surface area contributed by atoms with Gasteiger partial charge in [0.15, 0.2) is 5.82 Å². The molecule has 1 amide bonds. The lowest BCUT2D eigenvalue weighted by Gasteiger charge is -2.36. The highest BCUT2D eigenvalue weighted by Gasteiger charge is 2.55. The first-order chi connectivity index (χ1) is 14.9. The van der Waals surface area contributed by atoms with Gasteiger partial charge in [-0.3, -0.25) is 9.79 Å². The zero-order valence-corrected chi connectivity index (χ0v) is 17.7. The van der Waals surface area contributed by atoms with E-state index in [0.717, 1.165) is 0 Å². The summed E-state index contributed by atoms with van der Waals surface area (Å²) in [6.45, 7) is 2.34. The van der Waals surface area contributed by atoms with Gasteiger partial charge in [-0.1, -0.05) is 12.1 Å². The van der Waals surface area contributed by atoms with E-state index in [9.17, 15) is 27.5 Å². The van der Waals surface area contributed by atoms with E-state index >= 15 is 0 Å². The van der Waals surface area contributed by atoms with Crippen LogP contribution in [0, 0.1) is 5.82 Å². The maximum absolute atomic E-state index is 13.3. The van der Waals surface area contributed by atoms with Crippen molar-refractivity contribution >= 4 is 17.3 Å². The van der Waals surface area contributed by atoms with E-state index in [1.165, 1.54) is 53.1 Å². The molecule has 2 aromatic rings. The number of aromatic nitrogens is 2. The topological polar surface area (TPSA) is 96.7 Å². The monoisotopic (exact) mass is 453 g/mol. The molecule has 3 N–H and O–H groups in total. The molecule has 3 rings (SSSR count). The van der Waals surface area contributed by atoms with Crippen molar-refractivity contribution in [2.45, 2.75) is 38.2 Å². The molecule has 0 aliphatic carbocycles. The van der Waals surface area contributed by atoms with Crippen molar-refractivity contribution in [1.82, 2.24) is 14.5 Å². The quantitative estimate of drug-likeness (QED) is 0.550.